The first-order valence-electron chi connectivity index (χ1n) is 33.3. The number of halogens is 3. The lowest BCUT2D eigenvalue weighted by molar-refractivity contribution is 0.0694. The molecule has 25 heteroatoms. The maximum atomic E-state index is 13.4. The molecule has 536 valence electrons. The summed E-state index contributed by atoms with van der Waals surface area (Å²) >= 11 is 0. The molecule has 105 heavy (non-hydrogen) atoms. The quantitative estimate of drug-likeness (QED) is 0.0390. The van der Waals surface area contributed by atoms with E-state index in [2.05, 4.69) is 25.6 Å². The van der Waals surface area contributed by atoms with E-state index in [0.717, 1.165) is 50.3 Å². The van der Waals surface area contributed by atoms with E-state index in [9.17, 15) is 57.3 Å². The number of aliphatic hydroxyl groups is 2. The fourth-order valence-corrected chi connectivity index (χ4v) is 13.1. The van der Waals surface area contributed by atoms with Gasteiger partial charge in [0.1, 0.15) is 58.7 Å². The minimum absolute atomic E-state index is 0.0444. The van der Waals surface area contributed by atoms with Gasteiger partial charge in [0.15, 0.2) is 17.2 Å². The zero-order valence-electron chi connectivity index (χ0n) is 57.7. The number of pyridine rings is 3. The van der Waals surface area contributed by atoms with Gasteiger partial charge in [-0.05, 0) is 143 Å². The molecule has 3 aliphatic rings. The van der Waals surface area contributed by atoms with Crippen LogP contribution in [0.1, 0.15) is 123 Å². The lowest BCUT2D eigenvalue weighted by Gasteiger charge is -2.17. The van der Waals surface area contributed by atoms with Crippen molar-refractivity contribution in [2.24, 2.45) is 0 Å². The number of hydrogen-bond donors (Lipinski definition) is 6. The molecule has 0 spiro atoms. The van der Waals surface area contributed by atoms with Crippen LogP contribution < -0.4 is 29.6 Å². The first kappa shape index (κ1) is 72.3. The van der Waals surface area contributed by atoms with E-state index in [1.807, 2.05) is 54.6 Å². The summed E-state index contributed by atoms with van der Waals surface area (Å²) in [5, 5.41) is 45.9. The predicted molar refractivity (Wildman–Crippen MR) is 382 cm³/mol. The lowest BCUT2D eigenvalue weighted by atomic mass is 9.94. The van der Waals surface area contributed by atoms with E-state index >= 15 is 0 Å². The molecule has 0 fully saturated rings. The van der Waals surface area contributed by atoms with Crippen LogP contribution in [0, 0.1) is 17.5 Å². The highest BCUT2D eigenvalue weighted by molar-refractivity contribution is 6.18. The molecule has 0 atom stereocenters. The number of aromatic hydroxyl groups is 1. The minimum Gasteiger partial charge on any atom is -0.505 e. The van der Waals surface area contributed by atoms with Crippen molar-refractivity contribution in [1.29, 1.82) is 0 Å². The average Bonchev–Trinajstić information content (AvgIpc) is 1.67. The van der Waals surface area contributed by atoms with Crippen LogP contribution >= 0.6 is 0 Å². The molecule has 5 amide bonds. The smallest absolute Gasteiger partial charge is 0.336 e. The van der Waals surface area contributed by atoms with Gasteiger partial charge in [0.05, 0.1) is 60.8 Å². The number of aliphatic hydroxyl groups excluding tert-OH is 2. The van der Waals surface area contributed by atoms with E-state index in [1.165, 1.54) is 51.1 Å². The number of benzene rings is 8. The molecule has 0 aliphatic carbocycles. The maximum absolute atomic E-state index is 13.4. The number of fused-ring (bicyclic) bond motifs is 6. The number of aromatic carboxylic acids is 1. The molecular weight excluding hydrogens is 1350 g/mol. The summed E-state index contributed by atoms with van der Waals surface area (Å²) < 4.78 is 62.8. The van der Waals surface area contributed by atoms with Gasteiger partial charge < -0.3 is 64.7 Å². The molecule has 0 radical (unpaired) electrons. The standard InChI is InChI=1S/C30H28FN3O5.C28H23FN2O5.C22H20FN3O4/c1-34-16-24-25(29(36)32-11-12-35)23-14-20(13-18-3-7-21(31)8-4-18)15-33-27(23)28(26(24)30(34)37)39-17-19-5-9-22(38-2)10-6-19;1-31-14-22-23(28(33)34)21-12-18(11-16-3-7-19(29)8-4-16)13-30-25(21)26(24(22)27(31)32)36-15-17-5-9-20(35-2)10-6-17;1-26-11-16-17(21(29)24-6-7-27)15-9-13(8-12-2-4-14(23)5-3-12)10-25-19(15)20(28)18(16)22(26)30/h3-10,14-15,35H,11-13,16-17H2,1-2H3,(H,32,36);3-10,12-13H,11,14-15H2,1-2H3,(H,33,34);2-5,9-10,27-28H,6-8,11H2,1H3,(H,24,29). The molecule has 0 bridgehead atoms. The van der Waals surface area contributed by atoms with Gasteiger partial charge >= 0.3 is 5.97 Å². The number of methoxy groups -OCH3 is 2. The van der Waals surface area contributed by atoms with Crippen LogP contribution in [0.3, 0.4) is 0 Å². The summed E-state index contributed by atoms with van der Waals surface area (Å²) in [6.45, 7) is 0.589. The fourth-order valence-electron chi connectivity index (χ4n) is 13.1. The Balaban J connectivity index is 0.000000149. The summed E-state index contributed by atoms with van der Waals surface area (Å²) in [6, 6.07) is 38.5. The van der Waals surface area contributed by atoms with Crippen molar-refractivity contribution in [3.8, 4) is 28.7 Å². The second-order valence-electron chi connectivity index (χ2n) is 25.3. The summed E-state index contributed by atoms with van der Waals surface area (Å²) in [4.78, 5) is 95.5. The Labute approximate surface area is 599 Å². The molecule has 0 saturated carbocycles. The molecule has 0 unspecified atom stereocenters. The highest BCUT2D eigenvalue weighted by Gasteiger charge is 2.39. The number of carbonyl (C=O) groups excluding carboxylic acids is 5. The van der Waals surface area contributed by atoms with Crippen molar-refractivity contribution >= 4 is 68.2 Å². The van der Waals surface area contributed by atoms with Crippen LogP contribution in [0.15, 0.2) is 158 Å². The number of hydrogen-bond acceptors (Lipinski definition) is 16. The Hall–Kier alpha value is -12.5. The minimum atomic E-state index is -1.14. The van der Waals surface area contributed by atoms with E-state index in [-0.39, 0.29) is 134 Å². The van der Waals surface area contributed by atoms with Crippen molar-refractivity contribution in [3.05, 3.63) is 270 Å². The van der Waals surface area contributed by atoms with E-state index in [4.69, 9.17) is 24.1 Å². The highest BCUT2D eigenvalue weighted by Crippen LogP contribution is 2.44. The first-order valence-corrected chi connectivity index (χ1v) is 33.3. The largest absolute Gasteiger partial charge is 0.505 e. The summed E-state index contributed by atoms with van der Waals surface area (Å²) in [7, 11) is 8.07. The molecule has 0 saturated heterocycles. The molecule has 3 aromatic heterocycles. The number of aromatic nitrogens is 3. The van der Waals surface area contributed by atoms with Crippen LogP contribution in [0.4, 0.5) is 13.2 Å². The lowest BCUT2D eigenvalue weighted by Crippen LogP contribution is -2.28. The number of ether oxygens (including phenoxy) is 4. The number of carboxylic acids is 1. The third kappa shape index (κ3) is 15.4. The Morgan fingerprint density at radius 1 is 0.448 bits per heavy atom. The molecule has 14 rings (SSSR count). The molecule has 8 aromatic carbocycles. The Morgan fingerprint density at radius 3 is 1.11 bits per heavy atom. The van der Waals surface area contributed by atoms with Crippen molar-refractivity contribution in [2.75, 3.05) is 61.7 Å². The summed E-state index contributed by atoms with van der Waals surface area (Å²) in [5.74, 6) is -2.15. The molecule has 6 heterocycles. The zero-order chi connectivity index (χ0) is 74.3. The Kier molecular flexibility index (Phi) is 21.6. The van der Waals surface area contributed by atoms with Crippen molar-refractivity contribution < 1.29 is 81.3 Å². The van der Waals surface area contributed by atoms with Crippen molar-refractivity contribution in [3.63, 3.8) is 0 Å². The van der Waals surface area contributed by atoms with Crippen molar-refractivity contribution in [2.45, 2.75) is 52.1 Å². The van der Waals surface area contributed by atoms with Gasteiger partial charge in [-0.25, -0.2) is 18.0 Å². The van der Waals surface area contributed by atoms with Gasteiger partial charge in [0.25, 0.3) is 29.5 Å². The third-order valence-electron chi connectivity index (χ3n) is 18.2. The second kappa shape index (κ2) is 31.4. The Morgan fingerprint density at radius 2 is 0.762 bits per heavy atom. The zero-order valence-corrected chi connectivity index (χ0v) is 57.7. The molecule has 3 aliphatic heterocycles. The molecular formula is C80H71F3N8O14. The van der Waals surface area contributed by atoms with Gasteiger partial charge in [-0.2, -0.15) is 0 Å². The molecule has 22 nitrogen and oxygen atoms in total. The SMILES string of the molecule is CN1Cc2c(c(O)c3ncc(Cc4ccc(F)cc4)cc3c2C(=O)NCCO)C1=O.COc1ccc(COc2c3c(c(C(=O)NCCO)c4cc(Cc5ccc(F)cc5)cnc24)CN(C)C3=O)cc1.COc1ccc(COc2c3c(c(C(=O)O)c4cc(Cc5ccc(F)cc5)cnc24)CN(C)C3=O)cc1. The molecule has 11 aromatic rings. The van der Waals surface area contributed by atoms with Gasteiger partial charge in [-0.15, -0.1) is 0 Å². The first-order chi connectivity index (χ1) is 50.6. The highest BCUT2D eigenvalue weighted by atomic mass is 19.1. The van der Waals surface area contributed by atoms with Gasteiger partial charge in [-0.3, -0.25) is 38.9 Å². The van der Waals surface area contributed by atoms with E-state index in [1.54, 1.807) is 102 Å². The van der Waals surface area contributed by atoms with E-state index in [0.29, 0.717) is 85.8 Å². The number of nitrogens with zero attached hydrogens (tertiary/aromatic N) is 6. The Bertz CT molecular complexity index is 5200. The van der Waals surface area contributed by atoms with Gasteiger partial charge in [-0.1, -0.05) is 60.7 Å². The number of nitrogens with one attached hydrogen (secondary N) is 2. The topological polar surface area (TPSA) is 293 Å². The number of phenolic OH excluding ortho intramolecular Hbond substituents is 1. The predicted octanol–water partition coefficient (Wildman–Crippen LogP) is 10.7. The second-order valence-corrected chi connectivity index (χ2v) is 25.3. The number of phenols is 1. The van der Waals surface area contributed by atoms with Crippen LogP contribution in [0.25, 0.3) is 32.7 Å². The number of amides is 5. The molecule has 6 N–H and O–H groups in total. The number of carbonyl (C=O) groups is 6. The van der Waals surface area contributed by atoms with Crippen LogP contribution in [-0.2, 0) is 52.1 Å². The van der Waals surface area contributed by atoms with Gasteiger partial charge in [0, 0.05) is 105 Å². The number of rotatable bonds is 21. The van der Waals surface area contributed by atoms with Gasteiger partial charge in [0.2, 0.25) is 0 Å². The van der Waals surface area contributed by atoms with Crippen molar-refractivity contribution in [1.82, 2.24) is 40.3 Å². The van der Waals surface area contributed by atoms with E-state index < -0.39 is 17.8 Å². The summed E-state index contributed by atoms with van der Waals surface area (Å²) in [5.41, 5.74) is 10.2. The third-order valence-corrected chi connectivity index (χ3v) is 18.2. The summed E-state index contributed by atoms with van der Waals surface area (Å²) in [6.07, 6.45) is 6.25. The normalized spacial score (nSPS) is 12.7. The number of carboxylic acid groups (broad SMARTS) is 1. The fraction of sp³-hybridized carbons (Fsp3) is 0.212. The monoisotopic (exact) mass is 1420 g/mol. The van der Waals surface area contributed by atoms with Crippen LogP contribution in [-0.4, -0.2) is 147 Å². The van der Waals surface area contributed by atoms with Crippen LogP contribution in [0.5, 0.6) is 28.7 Å². The van der Waals surface area contributed by atoms with Crippen LogP contribution in [0.2, 0.25) is 0 Å². The average molecular weight is 1430 g/mol. The maximum Gasteiger partial charge on any atom is 0.336 e.